The molecule has 5 aromatic rings. The Balaban J connectivity index is 1.48. The zero-order chi connectivity index (χ0) is 25.1. The smallest absolute Gasteiger partial charge is 0.281 e. The number of ketones is 1. The maximum atomic E-state index is 14.6. The minimum atomic E-state index is -0.440. The summed E-state index contributed by atoms with van der Waals surface area (Å²) >= 11 is 0. The van der Waals surface area contributed by atoms with Crippen LogP contribution in [-0.2, 0) is 11.3 Å². The Morgan fingerprint density at radius 3 is 2.50 bits per heavy atom. The topological polar surface area (TPSA) is 103 Å². The Hall–Kier alpha value is -4.57. The van der Waals surface area contributed by atoms with Crippen molar-refractivity contribution in [3.63, 3.8) is 0 Å². The van der Waals surface area contributed by atoms with Gasteiger partial charge in [0.25, 0.3) is 5.89 Å². The van der Waals surface area contributed by atoms with Crippen LogP contribution in [0.2, 0.25) is 0 Å². The molecule has 180 valence electrons. The molecule has 0 aliphatic rings. The molecule has 0 amide bonds. The van der Waals surface area contributed by atoms with E-state index in [1.165, 1.54) is 10.7 Å². The largest absolute Gasteiger partial charge is 0.332 e. The van der Waals surface area contributed by atoms with E-state index in [-0.39, 0.29) is 17.4 Å². The summed E-state index contributed by atoms with van der Waals surface area (Å²) in [5.74, 6) is 0.218. The van der Waals surface area contributed by atoms with E-state index in [1.54, 1.807) is 49.6 Å². The van der Waals surface area contributed by atoms with E-state index >= 15 is 0 Å². The monoisotopic (exact) mass is 483 g/mol. The summed E-state index contributed by atoms with van der Waals surface area (Å²) < 4.78 is 21.6. The summed E-state index contributed by atoms with van der Waals surface area (Å²) in [4.78, 5) is 21.9. The Bertz CT molecular complexity index is 1500. The van der Waals surface area contributed by atoms with Crippen LogP contribution in [0.1, 0.15) is 12.5 Å². The van der Waals surface area contributed by atoms with Crippen molar-refractivity contribution in [2.45, 2.75) is 13.5 Å². The van der Waals surface area contributed by atoms with Gasteiger partial charge in [-0.25, -0.2) is 9.07 Å². The molecule has 0 saturated heterocycles. The predicted molar refractivity (Wildman–Crippen MR) is 130 cm³/mol. The highest BCUT2D eigenvalue weighted by Crippen LogP contribution is 2.32. The van der Waals surface area contributed by atoms with Gasteiger partial charge in [0.05, 0.1) is 6.54 Å². The van der Waals surface area contributed by atoms with Gasteiger partial charge in [0.2, 0.25) is 5.82 Å². The third-order valence-corrected chi connectivity index (χ3v) is 5.49. The number of pyridine rings is 1. The second kappa shape index (κ2) is 9.96. The summed E-state index contributed by atoms with van der Waals surface area (Å²) in [5.41, 5.74) is 3.60. The van der Waals surface area contributed by atoms with Crippen molar-refractivity contribution >= 4 is 5.78 Å². The molecule has 0 saturated carbocycles. The van der Waals surface area contributed by atoms with Crippen LogP contribution >= 0.6 is 0 Å². The molecule has 36 heavy (non-hydrogen) atoms. The van der Waals surface area contributed by atoms with E-state index in [9.17, 15) is 9.18 Å². The van der Waals surface area contributed by atoms with Gasteiger partial charge in [0.15, 0.2) is 5.69 Å². The highest BCUT2D eigenvalue weighted by atomic mass is 19.1. The summed E-state index contributed by atoms with van der Waals surface area (Å²) in [6.07, 6.45) is 3.26. The van der Waals surface area contributed by atoms with Crippen LogP contribution in [0, 0.1) is 5.82 Å². The predicted octanol–water partition coefficient (Wildman–Crippen LogP) is 4.21. The second-order valence-corrected chi connectivity index (χ2v) is 8.38. The molecule has 0 fully saturated rings. The van der Waals surface area contributed by atoms with Gasteiger partial charge in [-0.05, 0) is 43.8 Å². The highest BCUT2D eigenvalue weighted by molar-refractivity contribution is 5.77. The Kier molecular flexibility index (Phi) is 6.42. The van der Waals surface area contributed by atoms with Gasteiger partial charge in [0, 0.05) is 30.1 Å². The number of hydrogen-bond donors (Lipinski definition) is 0. The quantitative estimate of drug-likeness (QED) is 0.323. The molecule has 0 spiro atoms. The lowest BCUT2D eigenvalue weighted by molar-refractivity contribution is -0.117. The molecule has 0 atom stereocenters. The van der Waals surface area contributed by atoms with Crippen LogP contribution in [0.4, 0.5) is 4.39 Å². The molecule has 0 aliphatic heterocycles. The normalized spacial score (nSPS) is 11.2. The number of carbonyl (C=O) groups excluding carboxylic acids is 1. The minimum Gasteiger partial charge on any atom is -0.332 e. The Labute approximate surface area is 206 Å². The molecule has 10 heteroatoms. The van der Waals surface area contributed by atoms with Crippen LogP contribution in [0.5, 0.6) is 0 Å². The van der Waals surface area contributed by atoms with E-state index in [2.05, 4.69) is 25.4 Å². The molecular weight excluding hydrogens is 461 g/mol. The fraction of sp³-hybridized carbons (Fsp3) is 0.154. The first-order chi connectivity index (χ1) is 17.5. The van der Waals surface area contributed by atoms with Gasteiger partial charge >= 0.3 is 0 Å². The van der Waals surface area contributed by atoms with Crippen molar-refractivity contribution in [1.29, 1.82) is 0 Å². The van der Waals surface area contributed by atoms with Gasteiger partial charge in [-0.1, -0.05) is 46.8 Å². The maximum absolute atomic E-state index is 14.6. The molecule has 3 heterocycles. The van der Waals surface area contributed by atoms with Gasteiger partial charge < -0.3 is 4.52 Å². The summed E-state index contributed by atoms with van der Waals surface area (Å²) in [6, 6.07) is 17.6. The van der Waals surface area contributed by atoms with Gasteiger partial charge in [-0.15, -0.1) is 5.10 Å². The van der Waals surface area contributed by atoms with Gasteiger partial charge in [-0.2, -0.15) is 4.98 Å². The third kappa shape index (κ3) is 4.80. The third-order valence-electron chi connectivity index (χ3n) is 5.49. The van der Waals surface area contributed by atoms with Crippen LogP contribution in [0.15, 0.2) is 77.6 Å². The Morgan fingerprint density at radius 1 is 1.03 bits per heavy atom. The Morgan fingerprint density at radius 2 is 1.78 bits per heavy atom. The van der Waals surface area contributed by atoms with Crippen LogP contribution < -0.4 is 0 Å². The highest BCUT2D eigenvalue weighted by Gasteiger charge is 2.24. The molecule has 9 nitrogen and oxygen atoms in total. The lowest BCUT2D eigenvalue weighted by atomic mass is 10.1. The number of nitrogens with zero attached hydrogens (tertiary/aromatic N) is 7. The summed E-state index contributed by atoms with van der Waals surface area (Å²) in [5, 5.41) is 12.6. The number of likely N-dealkylation sites (N-methyl/N-ethyl adjacent to an activating group) is 1. The first-order valence-corrected chi connectivity index (χ1v) is 11.2. The number of halogens is 1. The van der Waals surface area contributed by atoms with Crippen molar-refractivity contribution in [1.82, 2.24) is 35.0 Å². The van der Waals surface area contributed by atoms with E-state index in [0.717, 1.165) is 11.1 Å². The second-order valence-electron chi connectivity index (χ2n) is 8.38. The zero-order valence-electron chi connectivity index (χ0n) is 19.7. The van der Waals surface area contributed by atoms with Crippen molar-refractivity contribution in [3.8, 4) is 39.9 Å². The number of hydrogen-bond acceptors (Lipinski definition) is 8. The fourth-order valence-corrected chi connectivity index (χ4v) is 3.93. The molecular formula is C26H22FN7O2. The standard InChI is InChI=1S/C26H22FN7O2/c1-17(35)15-33(2)16-18-7-9-20(10-8-18)25-29-26(36-31-25)23-24(19-11-13-28-14-12-19)34(32-30-23)22-6-4-3-5-21(22)27/h3-14H,15-16H2,1-2H3. The molecule has 2 aromatic carbocycles. The molecule has 3 aromatic heterocycles. The number of rotatable bonds is 8. The van der Waals surface area contributed by atoms with Crippen molar-refractivity contribution in [3.05, 3.63) is 84.4 Å². The summed E-state index contributed by atoms with van der Waals surface area (Å²) in [6.45, 7) is 2.61. The minimum absolute atomic E-state index is 0.117. The molecule has 0 unspecified atom stereocenters. The summed E-state index contributed by atoms with van der Waals surface area (Å²) in [7, 11) is 1.90. The molecule has 0 aliphatic carbocycles. The van der Waals surface area contributed by atoms with Gasteiger partial charge in [0.1, 0.15) is 23.0 Å². The van der Waals surface area contributed by atoms with Crippen LogP contribution in [-0.4, -0.2) is 54.4 Å². The number of aromatic nitrogens is 6. The number of Topliss-reactive ketones (excluding diaryl/α,β-unsaturated/α-hetero) is 1. The van der Waals surface area contributed by atoms with Crippen LogP contribution in [0.3, 0.4) is 0 Å². The van der Waals surface area contributed by atoms with E-state index in [1.807, 2.05) is 36.2 Å². The number of benzene rings is 2. The molecule has 0 bridgehead atoms. The van der Waals surface area contributed by atoms with E-state index < -0.39 is 5.82 Å². The van der Waals surface area contributed by atoms with Crippen LogP contribution in [0.25, 0.3) is 39.9 Å². The molecule has 5 rings (SSSR count). The molecule has 0 radical (unpaired) electrons. The zero-order valence-corrected chi connectivity index (χ0v) is 19.7. The van der Waals surface area contributed by atoms with Crippen molar-refractivity contribution in [2.75, 3.05) is 13.6 Å². The van der Waals surface area contributed by atoms with E-state index in [4.69, 9.17) is 4.52 Å². The SMILES string of the molecule is CC(=O)CN(C)Cc1ccc(-c2noc(-c3nnn(-c4ccccc4F)c3-c3ccncc3)n2)cc1. The van der Waals surface area contributed by atoms with Crippen molar-refractivity contribution < 1.29 is 13.7 Å². The van der Waals surface area contributed by atoms with E-state index in [0.29, 0.717) is 35.9 Å². The first kappa shape index (κ1) is 23.2. The fourth-order valence-electron chi connectivity index (χ4n) is 3.93. The van der Waals surface area contributed by atoms with Gasteiger partial charge in [-0.3, -0.25) is 14.7 Å². The number of carbonyl (C=O) groups is 1. The molecule has 0 N–H and O–H groups in total. The maximum Gasteiger partial charge on any atom is 0.281 e. The average Bonchev–Trinajstić information content (AvgIpc) is 3.52. The number of para-hydroxylation sites is 1. The average molecular weight is 484 g/mol. The first-order valence-electron chi connectivity index (χ1n) is 11.2. The lowest BCUT2D eigenvalue weighted by Gasteiger charge is -2.14. The lowest BCUT2D eigenvalue weighted by Crippen LogP contribution is -2.23. The van der Waals surface area contributed by atoms with Crippen molar-refractivity contribution in [2.24, 2.45) is 0 Å².